The summed E-state index contributed by atoms with van der Waals surface area (Å²) in [6, 6.07) is 65.4. The molecule has 0 aliphatic heterocycles. The van der Waals surface area contributed by atoms with Crippen LogP contribution in [-0.4, -0.2) is 7.85 Å². The minimum Gasteiger partial charge on any atom is -0.310 e. The quantitative estimate of drug-likeness (QED) is 0.175. The zero-order valence-electron chi connectivity index (χ0n) is 24.8. The van der Waals surface area contributed by atoms with Crippen molar-refractivity contribution in [3.8, 4) is 44.5 Å². The van der Waals surface area contributed by atoms with Gasteiger partial charge in [-0.15, -0.1) is 0 Å². The molecule has 7 aromatic rings. The zero-order valence-corrected chi connectivity index (χ0v) is 24.8. The van der Waals surface area contributed by atoms with Gasteiger partial charge in [0.15, 0.2) is 0 Å². The number of benzene rings is 7. The van der Waals surface area contributed by atoms with Crippen LogP contribution in [0.25, 0.3) is 44.5 Å². The Morgan fingerprint density at radius 1 is 0.273 bits per heavy atom. The highest BCUT2D eigenvalue weighted by atomic mass is 15.1. The average molecular weight is 562 g/mol. The molecule has 0 heterocycles. The Balaban J connectivity index is 1.50. The second-order valence-electron chi connectivity index (χ2n) is 11.2. The highest BCUT2D eigenvalue weighted by Crippen LogP contribution is 2.42. The summed E-state index contributed by atoms with van der Waals surface area (Å²) in [5, 5.41) is 0. The first-order chi connectivity index (χ1) is 21.7. The third-order valence-corrected chi connectivity index (χ3v) is 8.07. The Morgan fingerprint density at radius 2 is 0.568 bits per heavy atom. The van der Waals surface area contributed by atoms with Crippen LogP contribution >= 0.6 is 0 Å². The van der Waals surface area contributed by atoms with Gasteiger partial charge in [-0.3, -0.25) is 0 Å². The van der Waals surface area contributed by atoms with Gasteiger partial charge in [-0.2, -0.15) is 0 Å². The van der Waals surface area contributed by atoms with E-state index in [0.717, 1.165) is 17.1 Å². The van der Waals surface area contributed by atoms with Crippen LogP contribution in [0.2, 0.25) is 0 Å². The molecule has 0 saturated heterocycles. The second-order valence-corrected chi connectivity index (χ2v) is 11.2. The minimum absolute atomic E-state index is 1.11. The molecular weight excluding hydrogens is 529 g/mol. The highest BCUT2D eigenvalue weighted by Gasteiger charge is 2.18. The molecule has 0 atom stereocenters. The highest BCUT2D eigenvalue weighted by molar-refractivity contribution is 6.32. The van der Waals surface area contributed by atoms with Crippen LogP contribution in [-0.2, 0) is 0 Å². The lowest BCUT2D eigenvalue weighted by Crippen LogP contribution is -2.12. The van der Waals surface area contributed by atoms with Crippen LogP contribution in [0.1, 0.15) is 0 Å². The summed E-state index contributed by atoms with van der Waals surface area (Å²) in [6.45, 7) is 0. The Hall–Kier alpha value is -5.60. The third-order valence-electron chi connectivity index (χ3n) is 8.07. The van der Waals surface area contributed by atoms with E-state index in [4.69, 9.17) is 0 Å². The molecule has 2 heteroatoms. The normalized spacial score (nSPS) is 10.8. The maximum Gasteiger partial charge on any atom is 0.139 e. The number of hydrogen-bond acceptors (Lipinski definition) is 1. The topological polar surface area (TPSA) is 3.24 Å². The fourth-order valence-electron chi connectivity index (χ4n) is 5.81. The lowest BCUT2D eigenvalue weighted by atomic mass is 9.94. The number of anilines is 3. The maximum atomic E-state index is 2.40. The summed E-state index contributed by atoms with van der Waals surface area (Å²) in [4.78, 5) is 2.40. The molecule has 44 heavy (non-hydrogen) atoms. The van der Waals surface area contributed by atoms with Crippen molar-refractivity contribution in [1.82, 2.24) is 0 Å². The fraction of sp³-hybridized carbons (Fsp3) is 0. The first-order valence-corrected chi connectivity index (χ1v) is 15.1. The van der Waals surface area contributed by atoms with Crippen molar-refractivity contribution >= 4 is 30.4 Å². The Labute approximate surface area is 261 Å². The van der Waals surface area contributed by atoms with E-state index in [1.165, 1.54) is 50.0 Å². The lowest BCUT2D eigenvalue weighted by Gasteiger charge is -2.28. The summed E-state index contributed by atoms with van der Waals surface area (Å²) in [5.74, 6) is 0. The van der Waals surface area contributed by atoms with Crippen LogP contribution in [0, 0.1) is 0 Å². The summed E-state index contributed by atoms with van der Waals surface area (Å²) >= 11 is 0. The molecule has 0 unspecified atom stereocenters. The number of rotatable bonds is 7. The SMILES string of the molecule is Bc1ccc(N(c2cc(-c3ccccc3)cc(-c3ccccc3)c2)c2cc(-c3ccccc3)cc(-c3ccccc3)c2)cc1. The molecule has 0 fully saturated rings. The van der Waals surface area contributed by atoms with Gasteiger partial charge in [-0.25, -0.2) is 0 Å². The summed E-state index contributed by atoms with van der Waals surface area (Å²) in [6.07, 6.45) is 0. The summed E-state index contributed by atoms with van der Waals surface area (Å²) in [5.41, 5.74) is 14.1. The van der Waals surface area contributed by atoms with Crippen molar-refractivity contribution in [2.75, 3.05) is 4.90 Å². The monoisotopic (exact) mass is 561 g/mol. The van der Waals surface area contributed by atoms with Gasteiger partial charge in [-0.05, 0) is 93.0 Å². The van der Waals surface area contributed by atoms with E-state index >= 15 is 0 Å². The van der Waals surface area contributed by atoms with E-state index in [9.17, 15) is 0 Å². The van der Waals surface area contributed by atoms with Crippen LogP contribution in [0.15, 0.2) is 182 Å². The number of nitrogens with zero attached hydrogens (tertiary/aromatic N) is 1. The van der Waals surface area contributed by atoms with Gasteiger partial charge in [0.1, 0.15) is 7.85 Å². The van der Waals surface area contributed by atoms with E-state index in [0.29, 0.717) is 0 Å². The zero-order chi connectivity index (χ0) is 29.7. The lowest BCUT2D eigenvalue weighted by molar-refractivity contribution is 1.29. The average Bonchev–Trinajstić information content (AvgIpc) is 3.10. The van der Waals surface area contributed by atoms with Crippen LogP contribution < -0.4 is 10.4 Å². The molecule has 0 aliphatic rings. The molecule has 0 N–H and O–H groups in total. The smallest absolute Gasteiger partial charge is 0.139 e. The first kappa shape index (κ1) is 27.3. The van der Waals surface area contributed by atoms with E-state index < -0.39 is 0 Å². The van der Waals surface area contributed by atoms with E-state index in [1.807, 2.05) is 0 Å². The van der Waals surface area contributed by atoms with Gasteiger partial charge >= 0.3 is 0 Å². The maximum absolute atomic E-state index is 2.40. The van der Waals surface area contributed by atoms with E-state index in [1.54, 1.807) is 0 Å². The number of hydrogen-bond donors (Lipinski definition) is 0. The molecule has 0 radical (unpaired) electrons. The largest absolute Gasteiger partial charge is 0.310 e. The van der Waals surface area contributed by atoms with Crippen LogP contribution in [0.4, 0.5) is 17.1 Å². The van der Waals surface area contributed by atoms with E-state index in [2.05, 4.69) is 195 Å². The first-order valence-electron chi connectivity index (χ1n) is 15.1. The minimum atomic E-state index is 1.11. The van der Waals surface area contributed by atoms with Crippen molar-refractivity contribution in [2.24, 2.45) is 0 Å². The molecule has 0 saturated carbocycles. The molecule has 0 bridgehead atoms. The van der Waals surface area contributed by atoms with Crippen molar-refractivity contribution in [2.45, 2.75) is 0 Å². The molecule has 7 rings (SSSR count). The second kappa shape index (κ2) is 12.3. The van der Waals surface area contributed by atoms with Gasteiger partial charge in [-0.1, -0.05) is 139 Å². The van der Waals surface area contributed by atoms with Gasteiger partial charge in [0.25, 0.3) is 0 Å². The molecule has 0 aromatic heterocycles. The standard InChI is InChI=1S/C42H32BN/c43-39-21-23-40(24-22-39)44(41-27-35(31-13-5-1-6-14-31)25-36(28-41)32-15-7-2-8-16-32)42-29-37(33-17-9-3-10-18-33)26-38(30-42)34-19-11-4-12-20-34/h1-30H,43H2. The van der Waals surface area contributed by atoms with Crippen molar-refractivity contribution < 1.29 is 0 Å². The van der Waals surface area contributed by atoms with Gasteiger partial charge < -0.3 is 4.90 Å². The van der Waals surface area contributed by atoms with Gasteiger partial charge in [0.05, 0.1) is 0 Å². The van der Waals surface area contributed by atoms with Crippen molar-refractivity contribution in [1.29, 1.82) is 0 Å². The Bertz CT molecular complexity index is 1740. The van der Waals surface area contributed by atoms with Gasteiger partial charge in [0, 0.05) is 17.1 Å². The Kier molecular flexibility index (Phi) is 7.64. The molecule has 7 aromatic carbocycles. The van der Waals surface area contributed by atoms with Crippen molar-refractivity contribution in [3.05, 3.63) is 182 Å². The van der Waals surface area contributed by atoms with Crippen LogP contribution in [0.3, 0.4) is 0 Å². The third kappa shape index (κ3) is 5.84. The van der Waals surface area contributed by atoms with E-state index in [-0.39, 0.29) is 0 Å². The Morgan fingerprint density at radius 3 is 0.864 bits per heavy atom. The predicted molar refractivity (Wildman–Crippen MR) is 191 cm³/mol. The molecule has 1 nitrogen and oxygen atoms in total. The van der Waals surface area contributed by atoms with Gasteiger partial charge in [0.2, 0.25) is 0 Å². The molecule has 0 amide bonds. The molecule has 0 aliphatic carbocycles. The predicted octanol–water partition coefficient (Wildman–Crippen LogP) is 10.1. The summed E-state index contributed by atoms with van der Waals surface area (Å²) in [7, 11) is 2.14. The molecule has 208 valence electrons. The van der Waals surface area contributed by atoms with Crippen LogP contribution in [0.5, 0.6) is 0 Å². The van der Waals surface area contributed by atoms with Crippen molar-refractivity contribution in [3.63, 3.8) is 0 Å². The summed E-state index contributed by atoms with van der Waals surface area (Å²) < 4.78 is 0. The molecule has 0 spiro atoms. The molecular formula is C42H32BN. The fourth-order valence-corrected chi connectivity index (χ4v) is 5.81.